The average molecular weight is 221 g/mol. The fraction of sp³-hybridized carbons (Fsp3) is 0.769. The van der Waals surface area contributed by atoms with Gasteiger partial charge in [0.15, 0.2) is 0 Å². The van der Waals surface area contributed by atoms with Crippen molar-refractivity contribution >= 4 is 0 Å². The van der Waals surface area contributed by atoms with Gasteiger partial charge in [0.05, 0.1) is 6.20 Å². The van der Waals surface area contributed by atoms with E-state index >= 15 is 0 Å². The quantitative estimate of drug-likeness (QED) is 0.844. The molecule has 16 heavy (non-hydrogen) atoms. The summed E-state index contributed by atoms with van der Waals surface area (Å²) < 4.78 is 1.91. The van der Waals surface area contributed by atoms with E-state index < -0.39 is 0 Å². The average Bonchev–Trinajstić information content (AvgIpc) is 2.65. The van der Waals surface area contributed by atoms with Gasteiger partial charge in [0.1, 0.15) is 0 Å². The Bertz CT molecular complexity index is 318. The van der Waals surface area contributed by atoms with Crippen molar-refractivity contribution in [3.63, 3.8) is 0 Å². The number of hydrogen-bond acceptors (Lipinski definition) is 2. The Morgan fingerprint density at radius 2 is 2.12 bits per heavy atom. The highest BCUT2D eigenvalue weighted by Crippen LogP contribution is 2.38. The van der Waals surface area contributed by atoms with Crippen molar-refractivity contribution in [3.8, 4) is 0 Å². The van der Waals surface area contributed by atoms with Gasteiger partial charge in [-0.05, 0) is 37.3 Å². The largest absolute Gasteiger partial charge is 0.319 e. The summed E-state index contributed by atoms with van der Waals surface area (Å²) in [5, 5.41) is 7.65. The van der Waals surface area contributed by atoms with Gasteiger partial charge in [-0.25, -0.2) is 0 Å². The molecular weight excluding hydrogens is 198 g/mol. The molecule has 0 amide bonds. The summed E-state index contributed by atoms with van der Waals surface area (Å²) >= 11 is 0. The molecule has 90 valence electrons. The SMILES string of the molecule is CNCC1(Cc2cnn(C)c2)CCCCC1. The van der Waals surface area contributed by atoms with Crippen LogP contribution < -0.4 is 5.32 Å². The summed E-state index contributed by atoms with van der Waals surface area (Å²) in [6.45, 7) is 1.14. The normalized spacial score (nSPS) is 19.9. The molecule has 0 aromatic carbocycles. The first kappa shape index (κ1) is 11.6. The van der Waals surface area contributed by atoms with E-state index in [1.807, 2.05) is 17.9 Å². The lowest BCUT2D eigenvalue weighted by Crippen LogP contribution is -2.36. The molecule has 0 bridgehead atoms. The van der Waals surface area contributed by atoms with Gasteiger partial charge in [0.2, 0.25) is 0 Å². The summed E-state index contributed by atoms with van der Waals surface area (Å²) in [7, 11) is 4.06. The van der Waals surface area contributed by atoms with Crippen LogP contribution in [-0.4, -0.2) is 23.4 Å². The standard InChI is InChI=1S/C13H23N3/c1-14-11-13(6-4-3-5-7-13)8-12-9-15-16(2)10-12/h9-10,14H,3-8,11H2,1-2H3. The Kier molecular flexibility index (Phi) is 3.64. The minimum atomic E-state index is 0.482. The van der Waals surface area contributed by atoms with Gasteiger partial charge >= 0.3 is 0 Å². The van der Waals surface area contributed by atoms with Crippen molar-refractivity contribution in [2.75, 3.05) is 13.6 Å². The van der Waals surface area contributed by atoms with Gasteiger partial charge in [0, 0.05) is 19.8 Å². The molecule has 1 fully saturated rings. The van der Waals surface area contributed by atoms with Crippen molar-refractivity contribution in [3.05, 3.63) is 18.0 Å². The first-order valence-corrected chi connectivity index (χ1v) is 6.36. The van der Waals surface area contributed by atoms with Crippen molar-refractivity contribution in [2.45, 2.75) is 38.5 Å². The predicted molar refractivity (Wildman–Crippen MR) is 66.4 cm³/mol. The zero-order chi connectivity index (χ0) is 11.4. The van der Waals surface area contributed by atoms with Crippen molar-refractivity contribution in [1.82, 2.24) is 15.1 Å². The van der Waals surface area contributed by atoms with Crippen LogP contribution >= 0.6 is 0 Å². The molecule has 0 spiro atoms. The molecule has 1 saturated carbocycles. The van der Waals surface area contributed by atoms with E-state index in [1.165, 1.54) is 44.1 Å². The Labute approximate surface area is 98.2 Å². The van der Waals surface area contributed by atoms with Crippen LogP contribution in [0.4, 0.5) is 0 Å². The molecule has 1 aliphatic rings. The van der Waals surface area contributed by atoms with E-state index in [9.17, 15) is 0 Å². The number of aromatic nitrogens is 2. The van der Waals surface area contributed by atoms with Gasteiger partial charge < -0.3 is 5.32 Å². The Hall–Kier alpha value is -0.830. The number of nitrogens with zero attached hydrogens (tertiary/aromatic N) is 2. The van der Waals surface area contributed by atoms with Crippen LogP contribution in [0.2, 0.25) is 0 Å². The molecule has 1 aliphatic carbocycles. The molecule has 0 saturated heterocycles. The molecule has 1 N–H and O–H groups in total. The summed E-state index contributed by atoms with van der Waals surface area (Å²) in [6, 6.07) is 0. The van der Waals surface area contributed by atoms with Crippen molar-refractivity contribution < 1.29 is 0 Å². The van der Waals surface area contributed by atoms with Gasteiger partial charge in [0.25, 0.3) is 0 Å². The zero-order valence-electron chi connectivity index (χ0n) is 10.5. The van der Waals surface area contributed by atoms with Gasteiger partial charge in [-0.3, -0.25) is 4.68 Å². The second kappa shape index (κ2) is 5.00. The van der Waals surface area contributed by atoms with Gasteiger partial charge in [-0.1, -0.05) is 19.3 Å². The first-order chi connectivity index (χ1) is 7.74. The lowest BCUT2D eigenvalue weighted by Gasteiger charge is -2.37. The van der Waals surface area contributed by atoms with Crippen LogP contribution in [0.15, 0.2) is 12.4 Å². The molecule has 1 aromatic heterocycles. The summed E-state index contributed by atoms with van der Waals surface area (Å²) in [5.74, 6) is 0. The monoisotopic (exact) mass is 221 g/mol. The molecule has 1 heterocycles. The second-order valence-electron chi connectivity index (χ2n) is 5.29. The minimum absolute atomic E-state index is 0.482. The number of rotatable bonds is 4. The first-order valence-electron chi connectivity index (χ1n) is 6.36. The van der Waals surface area contributed by atoms with E-state index in [4.69, 9.17) is 0 Å². The van der Waals surface area contributed by atoms with E-state index in [0.29, 0.717) is 5.41 Å². The smallest absolute Gasteiger partial charge is 0.0521 e. The molecule has 2 rings (SSSR count). The van der Waals surface area contributed by atoms with Crippen LogP contribution in [0.3, 0.4) is 0 Å². The number of nitrogens with one attached hydrogen (secondary N) is 1. The summed E-state index contributed by atoms with van der Waals surface area (Å²) in [4.78, 5) is 0. The van der Waals surface area contributed by atoms with Gasteiger partial charge in [-0.15, -0.1) is 0 Å². The maximum Gasteiger partial charge on any atom is 0.0521 e. The maximum atomic E-state index is 4.27. The molecule has 1 aromatic rings. The predicted octanol–water partition coefficient (Wildman–Crippen LogP) is 2.13. The third kappa shape index (κ3) is 2.64. The summed E-state index contributed by atoms with van der Waals surface area (Å²) in [6.07, 6.45) is 12.3. The lowest BCUT2D eigenvalue weighted by atomic mass is 9.70. The maximum absolute atomic E-state index is 4.27. The topological polar surface area (TPSA) is 29.9 Å². The zero-order valence-corrected chi connectivity index (χ0v) is 10.5. The highest BCUT2D eigenvalue weighted by atomic mass is 15.2. The Morgan fingerprint density at radius 1 is 1.38 bits per heavy atom. The van der Waals surface area contributed by atoms with E-state index in [0.717, 1.165) is 6.54 Å². The van der Waals surface area contributed by atoms with Crippen molar-refractivity contribution in [1.29, 1.82) is 0 Å². The van der Waals surface area contributed by atoms with Crippen molar-refractivity contribution in [2.24, 2.45) is 12.5 Å². The van der Waals surface area contributed by atoms with E-state index in [2.05, 4.69) is 23.7 Å². The third-order valence-corrected chi connectivity index (χ3v) is 3.80. The van der Waals surface area contributed by atoms with Crippen LogP contribution in [0, 0.1) is 5.41 Å². The Morgan fingerprint density at radius 3 is 2.69 bits per heavy atom. The molecule has 0 aliphatic heterocycles. The van der Waals surface area contributed by atoms with Crippen LogP contribution in [-0.2, 0) is 13.5 Å². The Balaban J connectivity index is 2.06. The molecule has 0 atom stereocenters. The van der Waals surface area contributed by atoms with Gasteiger partial charge in [-0.2, -0.15) is 5.10 Å². The molecule has 0 radical (unpaired) electrons. The minimum Gasteiger partial charge on any atom is -0.319 e. The lowest BCUT2D eigenvalue weighted by molar-refractivity contribution is 0.185. The fourth-order valence-corrected chi connectivity index (χ4v) is 3.09. The highest BCUT2D eigenvalue weighted by Gasteiger charge is 2.31. The third-order valence-electron chi connectivity index (χ3n) is 3.80. The molecule has 0 unspecified atom stereocenters. The highest BCUT2D eigenvalue weighted by molar-refractivity contribution is 5.08. The van der Waals surface area contributed by atoms with Crippen LogP contribution in [0.25, 0.3) is 0 Å². The molecule has 3 nitrogen and oxygen atoms in total. The second-order valence-corrected chi connectivity index (χ2v) is 5.29. The summed E-state index contributed by atoms with van der Waals surface area (Å²) in [5.41, 5.74) is 1.87. The molecular formula is C13H23N3. The number of aryl methyl sites for hydroxylation is 1. The molecule has 3 heteroatoms. The van der Waals surface area contributed by atoms with Crippen LogP contribution in [0.1, 0.15) is 37.7 Å². The van der Waals surface area contributed by atoms with Crippen LogP contribution in [0.5, 0.6) is 0 Å². The fourth-order valence-electron chi connectivity index (χ4n) is 3.09. The number of hydrogen-bond donors (Lipinski definition) is 1. The van der Waals surface area contributed by atoms with E-state index in [1.54, 1.807) is 0 Å². The van der Waals surface area contributed by atoms with E-state index in [-0.39, 0.29) is 0 Å².